The van der Waals surface area contributed by atoms with E-state index in [4.69, 9.17) is 5.73 Å². The van der Waals surface area contributed by atoms with Crippen molar-refractivity contribution in [1.29, 1.82) is 0 Å². The van der Waals surface area contributed by atoms with Gasteiger partial charge < -0.3 is 11.1 Å². The zero-order valence-electron chi connectivity index (χ0n) is 11.4. The van der Waals surface area contributed by atoms with Crippen molar-refractivity contribution >= 4 is 17.4 Å². The first-order chi connectivity index (χ1) is 9.51. The van der Waals surface area contributed by atoms with Crippen molar-refractivity contribution < 1.29 is 9.18 Å². The summed E-state index contributed by atoms with van der Waals surface area (Å²) in [5, 5.41) is 2.58. The molecule has 0 aliphatic carbocycles. The predicted octanol–water partition coefficient (Wildman–Crippen LogP) is 2.93. The van der Waals surface area contributed by atoms with E-state index >= 15 is 0 Å². The van der Waals surface area contributed by atoms with Gasteiger partial charge in [0.05, 0.1) is 5.69 Å². The van der Waals surface area contributed by atoms with Crippen LogP contribution in [0.15, 0.2) is 30.3 Å². The first kappa shape index (κ1) is 14.0. The SMILES string of the molecule is CCc1cc(C(=O)Nc2c(C)cccc2F)cc(N)n1. The van der Waals surface area contributed by atoms with Gasteiger partial charge in [-0.05, 0) is 37.1 Å². The molecule has 5 heteroatoms. The van der Waals surface area contributed by atoms with Crippen LogP contribution in [0.4, 0.5) is 15.9 Å². The molecule has 4 nitrogen and oxygen atoms in total. The number of amides is 1. The zero-order valence-corrected chi connectivity index (χ0v) is 11.4. The number of nitrogens with two attached hydrogens (primary N) is 1. The Labute approximate surface area is 116 Å². The molecule has 0 bridgehead atoms. The number of nitrogen functional groups attached to an aromatic ring is 1. The van der Waals surface area contributed by atoms with E-state index in [-0.39, 0.29) is 11.5 Å². The first-order valence-corrected chi connectivity index (χ1v) is 6.34. The Balaban J connectivity index is 2.31. The molecule has 1 aromatic carbocycles. The lowest BCUT2D eigenvalue weighted by Crippen LogP contribution is -2.15. The Hall–Kier alpha value is -2.43. The Morgan fingerprint density at radius 2 is 2.15 bits per heavy atom. The van der Waals surface area contributed by atoms with Crippen LogP contribution in [-0.4, -0.2) is 10.9 Å². The van der Waals surface area contributed by atoms with E-state index in [2.05, 4.69) is 10.3 Å². The highest BCUT2D eigenvalue weighted by Crippen LogP contribution is 2.20. The van der Waals surface area contributed by atoms with E-state index in [0.29, 0.717) is 17.5 Å². The molecule has 20 heavy (non-hydrogen) atoms. The molecule has 0 radical (unpaired) electrons. The molecule has 3 N–H and O–H groups in total. The van der Waals surface area contributed by atoms with Crippen LogP contribution in [-0.2, 0) is 6.42 Å². The average molecular weight is 273 g/mol. The normalized spacial score (nSPS) is 10.3. The van der Waals surface area contributed by atoms with Crippen LogP contribution >= 0.6 is 0 Å². The number of hydrogen-bond acceptors (Lipinski definition) is 3. The van der Waals surface area contributed by atoms with Gasteiger partial charge in [-0.1, -0.05) is 19.1 Å². The monoisotopic (exact) mass is 273 g/mol. The molecular weight excluding hydrogens is 257 g/mol. The topological polar surface area (TPSA) is 68.0 Å². The maximum absolute atomic E-state index is 13.7. The second-order valence-corrected chi connectivity index (χ2v) is 4.51. The van der Waals surface area contributed by atoms with E-state index in [1.165, 1.54) is 12.1 Å². The number of nitrogens with one attached hydrogen (secondary N) is 1. The number of hydrogen-bond donors (Lipinski definition) is 2. The largest absolute Gasteiger partial charge is 0.384 e. The third-order valence-electron chi connectivity index (χ3n) is 2.98. The minimum atomic E-state index is -0.462. The number of aryl methyl sites for hydroxylation is 2. The van der Waals surface area contributed by atoms with Gasteiger partial charge in [0.1, 0.15) is 11.6 Å². The number of aromatic nitrogens is 1. The lowest BCUT2D eigenvalue weighted by atomic mass is 10.1. The number of anilines is 2. The number of benzene rings is 1. The van der Waals surface area contributed by atoms with Gasteiger partial charge in [-0.25, -0.2) is 9.37 Å². The Kier molecular flexibility index (Phi) is 3.98. The van der Waals surface area contributed by atoms with Crippen molar-refractivity contribution in [2.45, 2.75) is 20.3 Å². The Morgan fingerprint density at radius 1 is 1.40 bits per heavy atom. The smallest absolute Gasteiger partial charge is 0.255 e. The van der Waals surface area contributed by atoms with Gasteiger partial charge in [0.25, 0.3) is 5.91 Å². The summed E-state index contributed by atoms with van der Waals surface area (Å²) in [5.74, 6) is -0.585. The van der Waals surface area contributed by atoms with Gasteiger partial charge in [0, 0.05) is 11.3 Å². The van der Waals surface area contributed by atoms with Crippen LogP contribution < -0.4 is 11.1 Å². The molecule has 2 aromatic rings. The maximum Gasteiger partial charge on any atom is 0.255 e. The second kappa shape index (κ2) is 5.69. The molecule has 0 fully saturated rings. The van der Waals surface area contributed by atoms with Crippen molar-refractivity contribution in [3.05, 3.63) is 53.0 Å². The summed E-state index contributed by atoms with van der Waals surface area (Å²) in [7, 11) is 0. The molecule has 104 valence electrons. The first-order valence-electron chi connectivity index (χ1n) is 6.34. The standard InChI is InChI=1S/C15H16FN3O/c1-3-11-7-10(8-13(17)18-11)15(20)19-14-9(2)5-4-6-12(14)16/h4-8H,3H2,1-2H3,(H2,17,18)(H,19,20). The van der Waals surface area contributed by atoms with Crippen LogP contribution in [0, 0.1) is 12.7 Å². The molecule has 1 aromatic heterocycles. The fourth-order valence-corrected chi connectivity index (χ4v) is 1.90. The van der Waals surface area contributed by atoms with Crippen molar-refractivity contribution in [2.75, 3.05) is 11.1 Å². The third kappa shape index (κ3) is 2.93. The van der Waals surface area contributed by atoms with Crippen molar-refractivity contribution in [3.63, 3.8) is 0 Å². The minimum Gasteiger partial charge on any atom is -0.384 e. The summed E-state index contributed by atoms with van der Waals surface area (Å²) in [6.07, 6.45) is 0.671. The number of carbonyl (C=O) groups is 1. The predicted molar refractivity (Wildman–Crippen MR) is 77.1 cm³/mol. The van der Waals surface area contributed by atoms with Crippen LogP contribution in [0.1, 0.15) is 28.5 Å². The van der Waals surface area contributed by atoms with E-state index in [1.54, 1.807) is 25.1 Å². The molecule has 0 saturated heterocycles. The molecule has 0 saturated carbocycles. The number of carbonyl (C=O) groups excluding carboxylic acids is 1. The fraction of sp³-hybridized carbons (Fsp3) is 0.200. The highest BCUT2D eigenvalue weighted by Gasteiger charge is 2.12. The third-order valence-corrected chi connectivity index (χ3v) is 2.98. The van der Waals surface area contributed by atoms with Gasteiger partial charge in [-0.15, -0.1) is 0 Å². The van der Waals surface area contributed by atoms with E-state index < -0.39 is 11.7 Å². The van der Waals surface area contributed by atoms with E-state index in [1.807, 2.05) is 6.92 Å². The highest BCUT2D eigenvalue weighted by molar-refractivity contribution is 6.05. The summed E-state index contributed by atoms with van der Waals surface area (Å²) >= 11 is 0. The van der Waals surface area contributed by atoms with Crippen molar-refractivity contribution in [1.82, 2.24) is 4.98 Å². The van der Waals surface area contributed by atoms with Crippen molar-refractivity contribution in [2.24, 2.45) is 0 Å². The van der Waals surface area contributed by atoms with Gasteiger partial charge in [-0.2, -0.15) is 0 Å². The number of pyridine rings is 1. The van der Waals surface area contributed by atoms with Crippen LogP contribution in [0.3, 0.4) is 0 Å². The van der Waals surface area contributed by atoms with Gasteiger partial charge >= 0.3 is 0 Å². The van der Waals surface area contributed by atoms with Gasteiger partial charge in [0.15, 0.2) is 0 Å². The Morgan fingerprint density at radius 3 is 2.80 bits per heavy atom. The van der Waals surface area contributed by atoms with Crippen molar-refractivity contribution in [3.8, 4) is 0 Å². The quantitative estimate of drug-likeness (QED) is 0.903. The maximum atomic E-state index is 13.7. The molecule has 0 aliphatic rings. The number of nitrogens with zero attached hydrogens (tertiary/aromatic N) is 1. The molecule has 0 atom stereocenters. The molecule has 0 spiro atoms. The number of para-hydroxylation sites is 1. The van der Waals surface area contributed by atoms with E-state index in [0.717, 1.165) is 5.69 Å². The molecule has 1 heterocycles. The lowest BCUT2D eigenvalue weighted by molar-refractivity contribution is 0.102. The minimum absolute atomic E-state index is 0.186. The summed E-state index contributed by atoms with van der Waals surface area (Å²) in [5.41, 5.74) is 7.60. The van der Waals surface area contributed by atoms with Gasteiger partial charge in [0.2, 0.25) is 0 Å². The van der Waals surface area contributed by atoms with Crippen LogP contribution in [0.5, 0.6) is 0 Å². The second-order valence-electron chi connectivity index (χ2n) is 4.51. The lowest BCUT2D eigenvalue weighted by Gasteiger charge is -2.10. The Bertz CT molecular complexity index is 635. The molecule has 0 aliphatic heterocycles. The van der Waals surface area contributed by atoms with E-state index in [9.17, 15) is 9.18 Å². The number of rotatable bonds is 3. The molecular formula is C15H16FN3O. The molecule has 2 rings (SSSR count). The summed E-state index contributed by atoms with van der Waals surface area (Å²) in [6.45, 7) is 3.65. The van der Waals surface area contributed by atoms with Crippen LogP contribution in [0.2, 0.25) is 0 Å². The zero-order chi connectivity index (χ0) is 14.7. The summed E-state index contributed by atoms with van der Waals surface area (Å²) < 4.78 is 13.7. The molecule has 0 unspecified atom stereocenters. The van der Waals surface area contributed by atoms with Gasteiger partial charge in [-0.3, -0.25) is 4.79 Å². The van der Waals surface area contributed by atoms with Crippen LogP contribution in [0.25, 0.3) is 0 Å². The number of halogens is 1. The molecule has 1 amide bonds. The summed E-state index contributed by atoms with van der Waals surface area (Å²) in [4.78, 5) is 16.3. The average Bonchev–Trinajstić information content (AvgIpc) is 2.42. The summed E-state index contributed by atoms with van der Waals surface area (Å²) in [6, 6.07) is 7.77. The highest BCUT2D eigenvalue weighted by atomic mass is 19.1. The fourth-order valence-electron chi connectivity index (χ4n) is 1.90.